The van der Waals surface area contributed by atoms with Gasteiger partial charge in [-0.05, 0) is 36.6 Å². The summed E-state index contributed by atoms with van der Waals surface area (Å²) in [7, 11) is 3.24. The van der Waals surface area contributed by atoms with Gasteiger partial charge in [-0.2, -0.15) is 0 Å². The maximum atomic E-state index is 12.4. The third-order valence-electron chi connectivity index (χ3n) is 5.06. The lowest BCUT2D eigenvalue weighted by atomic mass is 10.1. The number of amides is 1. The average molecular weight is 399 g/mol. The molecule has 0 aliphatic carbocycles. The smallest absolute Gasteiger partial charge is 0.234 e. The number of benzene rings is 2. The number of ether oxygens (including phenoxy) is 3. The molecule has 6 heteroatoms. The second kappa shape index (κ2) is 10.3. The van der Waals surface area contributed by atoms with Gasteiger partial charge in [0.15, 0.2) is 11.5 Å². The predicted octanol–water partition coefficient (Wildman–Crippen LogP) is 2.82. The number of morpholine rings is 1. The van der Waals surface area contributed by atoms with Gasteiger partial charge in [0.2, 0.25) is 5.91 Å². The second-order valence-corrected chi connectivity index (χ2v) is 7.33. The Bertz CT molecular complexity index is 797. The Hall–Kier alpha value is -2.57. The van der Waals surface area contributed by atoms with Crippen molar-refractivity contribution in [2.45, 2.75) is 25.6 Å². The molecule has 1 amide bonds. The highest BCUT2D eigenvalue weighted by molar-refractivity contribution is 5.78. The van der Waals surface area contributed by atoms with Gasteiger partial charge in [0.05, 0.1) is 33.0 Å². The normalized spacial score (nSPS) is 19.6. The summed E-state index contributed by atoms with van der Waals surface area (Å²) in [6.07, 6.45) is 0.825. The fourth-order valence-corrected chi connectivity index (χ4v) is 3.66. The summed E-state index contributed by atoms with van der Waals surface area (Å²) in [4.78, 5) is 14.6. The van der Waals surface area contributed by atoms with Crippen molar-refractivity contribution in [3.8, 4) is 11.5 Å². The molecule has 1 aliphatic rings. The molecule has 29 heavy (non-hydrogen) atoms. The molecular formula is C23H30N2O4. The molecule has 1 fully saturated rings. The van der Waals surface area contributed by atoms with Crippen molar-refractivity contribution in [2.75, 3.05) is 40.4 Å². The minimum Gasteiger partial charge on any atom is -0.493 e. The van der Waals surface area contributed by atoms with Crippen molar-refractivity contribution >= 4 is 5.91 Å². The number of carbonyl (C=O) groups is 1. The number of nitrogens with zero attached hydrogens (tertiary/aromatic N) is 1. The van der Waals surface area contributed by atoms with Crippen LogP contribution in [0.3, 0.4) is 0 Å². The van der Waals surface area contributed by atoms with Gasteiger partial charge in [-0.1, -0.05) is 36.4 Å². The second-order valence-electron chi connectivity index (χ2n) is 7.33. The van der Waals surface area contributed by atoms with Gasteiger partial charge in [-0.3, -0.25) is 9.69 Å². The molecule has 6 nitrogen and oxygen atoms in total. The molecule has 1 saturated heterocycles. The molecule has 1 N–H and O–H groups in total. The number of rotatable bonds is 8. The lowest BCUT2D eigenvalue weighted by Crippen LogP contribution is -2.47. The molecule has 0 bridgehead atoms. The monoisotopic (exact) mass is 398 g/mol. The highest BCUT2D eigenvalue weighted by atomic mass is 16.5. The molecule has 0 aromatic heterocycles. The van der Waals surface area contributed by atoms with Crippen LogP contribution in [0.1, 0.15) is 24.2 Å². The van der Waals surface area contributed by atoms with Gasteiger partial charge < -0.3 is 19.5 Å². The van der Waals surface area contributed by atoms with Crippen molar-refractivity contribution in [3.05, 3.63) is 59.7 Å². The molecule has 0 spiro atoms. The van der Waals surface area contributed by atoms with Crippen molar-refractivity contribution < 1.29 is 19.0 Å². The molecule has 1 aliphatic heterocycles. The van der Waals surface area contributed by atoms with E-state index < -0.39 is 0 Å². The van der Waals surface area contributed by atoms with E-state index in [4.69, 9.17) is 14.2 Å². The van der Waals surface area contributed by atoms with Gasteiger partial charge in [-0.15, -0.1) is 0 Å². The van der Waals surface area contributed by atoms with Crippen LogP contribution in [0, 0.1) is 0 Å². The van der Waals surface area contributed by atoms with Crippen LogP contribution < -0.4 is 14.8 Å². The van der Waals surface area contributed by atoms with Gasteiger partial charge in [-0.25, -0.2) is 0 Å². The van der Waals surface area contributed by atoms with Crippen LogP contribution in [-0.2, 0) is 16.0 Å². The zero-order valence-corrected chi connectivity index (χ0v) is 17.4. The van der Waals surface area contributed by atoms with E-state index >= 15 is 0 Å². The minimum atomic E-state index is -0.000450. The topological polar surface area (TPSA) is 60.0 Å². The molecule has 2 atom stereocenters. The minimum absolute atomic E-state index is 0.000450. The Morgan fingerprint density at radius 3 is 2.59 bits per heavy atom. The van der Waals surface area contributed by atoms with Gasteiger partial charge in [0.1, 0.15) is 0 Å². The first kappa shape index (κ1) is 21.1. The third kappa shape index (κ3) is 5.95. The summed E-state index contributed by atoms with van der Waals surface area (Å²) >= 11 is 0. The highest BCUT2D eigenvalue weighted by Gasteiger charge is 2.27. The SMILES string of the molecule is COc1ccc(CCNC(=O)CN2CC(C)OC(c3ccccc3)C2)cc1OC. The van der Waals surface area contributed by atoms with Crippen LogP contribution in [0.25, 0.3) is 0 Å². The highest BCUT2D eigenvalue weighted by Crippen LogP contribution is 2.27. The van der Waals surface area contributed by atoms with Gasteiger partial charge in [0, 0.05) is 19.6 Å². The van der Waals surface area contributed by atoms with E-state index in [1.807, 2.05) is 36.4 Å². The van der Waals surface area contributed by atoms with Crippen LogP contribution in [-0.4, -0.2) is 57.3 Å². The Morgan fingerprint density at radius 2 is 1.86 bits per heavy atom. The summed E-state index contributed by atoms with van der Waals surface area (Å²) in [6.45, 7) is 4.49. The number of hydrogen-bond acceptors (Lipinski definition) is 5. The van der Waals surface area contributed by atoms with E-state index in [0.29, 0.717) is 24.6 Å². The van der Waals surface area contributed by atoms with Crippen molar-refractivity contribution in [1.29, 1.82) is 0 Å². The quantitative estimate of drug-likeness (QED) is 0.741. The number of methoxy groups -OCH3 is 2. The van der Waals surface area contributed by atoms with Crippen molar-refractivity contribution in [2.24, 2.45) is 0 Å². The molecule has 2 unspecified atom stereocenters. The molecule has 0 radical (unpaired) electrons. The molecule has 1 heterocycles. The summed E-state index contributed by atoms with van der Waals surface area (Å²) < 4.78 is 16.7. The summed E-state index contributed by atoms with van der Waals surface area (Å²) in [5.74, 6) is 1.44. The van der Waals surface area contributed by atoms with Crippen molar-refractivity contribution in [3.63, 3.8) is 0 Å². The molecular weight excluding hydrogens is 368 g/mol. The first-order valence-corrected chi connectivity index (χ1v) is 9.99. The Morgan fingerprint density at radius 1 is 1.10 bits per heavy atom. The van der Waals surface area contributed by atoms with E-state index in [-0.39, 0.29) is 18.1 Å². The van der Waals surface area contributed by atoms with Crippen LogP contribution >= 0.6 is 0 Å². The van der Waals surface area contributed by atoms with Gasteiger partial charge >= 0.3 is 0 Å². The van der Waals surface area contributed by atoms with E-state index in [1.54, 1.807) is 14.2 Å². The van der Waals surface area contributed by atoms with Gasteiger partial charge in [0.25, 0.3) is 0 Å². The molecule has 0 saturated carbocycles. The lowest BCUT2D eigenvalue weighted by Gasteiger charge is -2.36. The largest absolute Gasteiger partial charge is 0.493 e. The standard InChI is InChI=1S/C23H30N2O4/c1-17-14-25(15-22(29-17)19-7-5-4-6-8-19)16-23(26)24-12-11-18-9-10-20(27-2)21(13-18)28-3/h4-10,13,17,22H,11-12,14-16H2,1-3H3,(H,24,26). The van der Waals surface area contributed by atoms with E-state index in [2.05, 4.69) is 29.3 Å². The zero-order valence-electron chi connectivity index (χ0n) is 17.4. The van der Waals surface area contributed by atoms with Crippen LogP contribution in [0.4, 0.5) is 0 Å². The molecule has 2 aromatic rings. The first-order valence-electron chi connectivity index (χ1n) is 9.99. The Kier molecular flexibility index (Phi) is 7.49. The Labute approximate surface area is 172 Å². The van der Waals surface area contributed by atoms with Crippen LogP contribution in [0.15, 0.2) is 48.5 Å². The van der Waals surface area contributed by atoms with E-state index in [9.17, 15) is 4.79 Å². The zero-order chi connectivity index (χ0) is 20.6. The fraction of sp³-hybridized carbons (Fsp3) is 0.435. The summed E-state index contributed by atoms with van der Waals surface area (Å²) in [6, 6.07) is 16.0. The Balaban J connectivity index is 1.47. The number of nitrogens with one attached hydrogen (secondary N) is 1. The maximum Gasteiger partial charge on any atom is 0.234 e. The molecule has 3 rings (SSSR count). The summed E-state index contributed by atoms with van der Waals surface area (Å²) in [5, 5.41) is 3.02. The van der Waals surface area contributed by atoms with Crippen molar-refractivity contribution in [1.82, 2.24) is 10.2 Å². The molecule has 2 aromatic carbocycles. The predicted molar refractivity (Wildman–Crippen MR) is 112 cm³/mol. The number of hydrogen-bond donors (Lipinski definition) is 1. The lowest BCUT2D eigenvalue weighted by molar-refractivity contribution is -0.126. The molecule has 156 valence electrons. The fourth-order valence-electron chi connectivity index (χ4n) is 3.66. The number of carbonyl (C=O) groups excluding carboxylic acids is 1. The van der Waals surface area contributed by atoms with E-state index in [0.717, 1.165) is 30.6 Å². The summed E-state index contributed by atoms with van der Waals surface area (Å²) in [5.41, 5.74) is 2.24. The third-order valence-corrected chi connectivity index (χ3v) is 5.06. The van der Waals surface area contributed by atoms with Crippen LogP contribution in [0.2, 0.25) is 0 Å². The average Bonchev–Trinajstić information content (AvgIpc) is 2.73. The first-order chi connectivity index (χ1) is 14.1. The van der Waals surface area contributed by atoms with E-state index in [1.165, 1.54) is 0 Å². The maximum absolute atomic E-state index is 12.4. The van der Waals surface area contributed by atoms with Crippen LogP contribution in [0.5, 0.6) is 11.5 Å².